The molecule has 0 bridgehead atoms. The van der Waals surface area contributed by atoms with Gasteiger partial charge in [-0.25, -0.2) is 8.42 Å². The summed E-state index contributed by atoms with van der Waals surface area (Å²) in [7, 11) is -1.51. The maximum atomic E-state index is 11.4. The van der Waals surface area contributed by atoms with Crippen molar-refractivity contribution < 1.29 is 13.2 Å². The van der Waals surface area contributed by atoms with E-state index in [1.165, 1.54) is 7.11 Å². The lowest BCUT2D eigenvalue weighted by atomic mass is 10.2. The third-order valence-corrected chi connectivity index (χ3v) is 4.23. The summed E-state index contributed by atoms with van der Waals surface area (Å²) in [6.07, 6.45) is 0. The third-order valence-electron chi connectivity index (χ3n) is 2.52. The summed E-state index contributed by atoms with van der Waals surface area (Å²) in [6, 6.07) is 7.13. The molecule has 0 saturated carbocycles. The van der Waals surface area contributed by atoms with Gasteiger partial charge in [-0.2, -0.15) is 5.26 Å². The van der Waals surface area contributed by atoms with Crippen molar-refractivity contribution in [2.75, 3.05) is 30.5 Å². The molecule has 6 heteroatoms. The number of ether oxygens (including phenoxy) is 1. The Labute approximate surface area is 107 Å². The molecule has 0 aromatic heterocycles. The molecule has 0 aliphatic rings. The molecule has 0 radical (unpaired) electrons. The second kappa shape index (κ2) is 6.26. The summed E-state index contributed by atoms with van der Waals surface area (Å²) in [5.41, 5.74) is 0.969. The Morgan fingerprint density at radius 2 is 2.17 bits per heavy atom. The van der Waals surface area contributed by atoms with Crippen LogP contribution in [0.4, 0.5) is 5.69 Å². The van der Waals surface area contributed by atoms with Crippen LogP contribution in [0, 0.1) is 11.3 Å². The number of anilines is 1. The van der Waals surface area contributed by atoms with E-state index >= 15 is 0 Å². The van der Waals surface area contributed by atoms with Crippen molar-refractivity contribution in [3.8, 4) is 11.8 Å². The standard InChI is InChI=1S/C12H16N2O3S/c1-3-18(15,16)8-7-14-12-10(9-13)5-4-6-11(12)17-2/h4-6,14H,3,7-8H2,1-2H3. The first-order chi connectivity index (χ1) is 8.54. The molecule has 1 rings (SSSR count). The molecule has 0 aliphatic heterocycles. The van der Waals surface area contributed by atoms with Gasteiger partial charge in [0.1, 0.15) is 11.8 Å². The molecule has 0 spiro atoms. The Hall–Kier alpha value is -1.74. The van der Waals surface area contributed by atoms with Crippen LogP contribution in [0.5, 0.6) is 5.75 Å². The molecular formula is C12H16N2O3S. The van der Waals surface area contributed by atoms with E-state index in [2.05, 4.69) is 5.32 Å². The Morgan fingerprint density at radius 3 is 2.72 bits per heavy atom. The zero-order valence-corrected chi connectivity index (χ0v) is 11.3. The highest BCUT2D eigenvalue weighted by atomic mass is 32.2. The first-order valence-electron chi connectivity index (χ1n) is 5.55. The van der Waals surface area contributed by atoms with Crippen LogP contribution in [0.2, 0.25) is 0 Å². The minimum atomic E-state index is -3.02. The fraction of sp³-hybridized carbons (Fsp3) is 0.417. The van der Waals surface area contributed by atoms with Gasteiger partial charge in [0.05, 0.1) is 24.1 Å². The van der Waals surface area contributed by atoms with Crippen LogP contribution in [-0.2, 0) is 9.84 Å². The SMILES string of the molecule is CCS(=O)(=O)CCNc1c(C#N)cccc1OC. The molecule has 0 amide bonds. The number of rotatable bonds is 6. The number of sulfone groups is 1. The van der Waals surface area contributed by atoms with Gasteiger partial charge in [0.25, 0.3) is 0 Å². The van der Waals surface area contributed by atoms with E-state index in [4.69, 9.17) is 10.00 Å². The quantitative estimate of drug-likeness (QED) is 0.844. The molecule has 0 aliphatic carbocycles. The van der Waals surface area contributed by atoms with E-state index in [0.29, 0.717) is 17.0 Å². The Balaban J connectivity index is 2.82. The number of nitrogens with zero attached hydrogens (tertiary/aromatic N) is 1. The molecule has 18 heavy (non-hydrogen) atoms. The second-order valence-electron chi connectivity index (χ2n) is 3.66. The molecule has 1 aromatic carbocycles. The maximum Gasteiger partial charge on any atom is 0.151 e. The van der Waals surface area contributed by atoms with Crippen LogP contribution in [0.25, 0.3) is 0 Å². The summed E-state index contributed by atoms with van der Waals surface area (Å²) in [4.78, 5) is 0. The molecule has 1 N–H and O–H groups in total. The minimum absolute atomic E-state index is 0.0341. The van der Waals surface area contributed by atoms with Gasteiger partial charge in [-0.3, -0.25) is 0 Å². The lowest BCUT2D eigenvalue weighted by Crippen LogP contribution is -2.17. The van der Waals surface area contributed by atoms with E-state index in [1.807, 2.05) is 6.07 Å². The van der Waals surface area contributed by atoms with Crippen LogP contribution < -0.4 is 10.1 Å². The van der Waals surface area contributed by atoms with Crippen LogP contribution >= 0.6 is 0 Å². The van der Waals surface area contributed by atoms with E-state index in [9.17, 15) is 8.42 Å². The first kappa shape index (κ1) is 14.3. The predicted molar refractivity (Wildman–Crippen MR) is 70.5 cm³/mol. The van der Waals surface area contributed by atoms with Gasteiger partial charge >= 0.3 is 0 Å². The zero-order valence-electron chi connectivity index (χ0n) is 10.4. The number of methoxy groups -OCH3 is 1. The summed E-state index contributed by atoms with van der Waals surface area (Å²) < 4.78 is 27.9. The number of benzene rings is 1. The van der Waals surface area contributed by atoms with Gasteiger partial charge in [0, 0.05) is 12.3 Å². The van der Waals surface area contributed by atoms with Gasteiger partial charge in [-0.1, -0.05) is 13.0 Å². The largest absolute Gasteiger partial charge is 0.495 e. The van der Waals surface area contributed by atoms with Crippen LogP contribution in [0.3, 0.4) is 0 Å². The summed E-state index contributed by atoms with van der Waals surface area (Å²) >= 11 is 0. The summed E-state index contributed by atoms with van der Waals surface area (Å²) in [5.74, 6) is 0.681. The van der Waals surface area contributed by atoms with Crippen molar-refractivity contribution in [2.24, 2.45) is 0 Å². The van der Waals surface area contributed by atoms with Crippen LogP contribution in [-0.4, -0.2) is 33.6 Å². The lowest BCUT2D eigenvalue weighted by Gasteiger charge is -2.12. The average molecular weight is 268 g/mol. The monoisotopic (exact) mass is 268 g/mol. The fourth-order valence-corrected chi connectivity index (χ4v) is 2.15. The Morgan fingerprint density at radius 1 is 1.44 bits per heavy atom. The predicted octanol–water partition coefficient (Wildman–Crippen LogP) is 1.41. The van der Waals surface area contributed by atoms with Crippen molar-refractivity contribution in [1.29, 1.82) is 5.26 Å². The van der Waals surface area contributed by atoms with E-state index < -0.39 is 9.84 Å². The highest BCUT2D eigenvalue weighted by Gasteiger charge is 2.11. The van der Waals surface area contributed by atoms with Crippen molar-refractivity contribution in [3.63, 3.8) is 0 Å². The van der Waals surface area contributed by atoms with E-state index in [0.717, 1.165) is 0 Å². The average Bonchev–Trinajstić information content (AvgIpc) is 2.38. The summed E-state index contributed by atoms with van der Waals surface area (Å²) in [6.45, 7) is 1.87. The van der Waals surface area contributed by atoms with Crippen molar-refractivity contribution in [1.82, 2.24) is 0 Å². The lowest BCUT2D eigenvalue weighted by molar-refractivity contribution is 0.416. The number of nitriles is 1. The van der Waals surface area contributed by atoms with Gasteiger partial charge in [0.15, 0.2) is 9.84 Å². The van der Waals surface area contributed by atoms with E-state index in [-0.39, 0.29) is 18.1 Å². The van der Waals surface area contributed by atoms with Gasteiger partial charge < -0.3 is 10.1 Å². The fourth-order valence-electron chi connectivity index (χ4n) is 1.45. The normalized spacial score (nSPS) is 10.7. The molecule has 1 aromatic rings. The number of nitrogens with one attached hydrogen (secondary N) is 1. The number of para-hydroxylation sites is 1. The van der Waals surface area contributed by atoms with E-state index in [1.54, 1.807) is 25.1 Å². The van der Waals surface area contributed by atoms with Crippen molar-refractivity contribution >= 4 is 15.5 Å². The molecule has 0 atom stereocenters. The third kappa shape index (κ3) is 3.64. The van der Waals surface area contributed by atoms with Gasteiger partial charge in [-0.15, -0.1) is 0 Å². The molecule has 0 unspecified atom stereocenters. The summed E-state index contributed by atoms with van der Waals surface area (Å²) in [5, 5.41) is 11.9. The maximum absolute atomic E-state index is 11.4. The van der Waals surface area contributed by atoms with Crippen molar-refractivity contribution in [3.05, 3.63) is 23.8 Å². The molecule has 98 valence electrons. The van der Waals surface area contributed by atoms with Gasteiger partial charge in [-0.05, 0) is 12.1 Å². The second-order valence-corrected chi connectivity index (χ2v) is 6.13. The van der Waals surface area contributed by atoms with Crippen LogP contribution in [0.15, 0.2) is 18.2 Å². The van der Waals surface area contributed by atoms with Crippen LogP contribution in [0.1, 0.15) is 12.5 Å². The smallest absolute Gasteiger partial charge is 0.151 e. The molecule has 0 saturated heterocycles. The minimum Gasteiger partial charge on any atom is -0.495 e. The molecule has 0 heterocycles. The molecular weight excluding hydrogens is 252 g/mol. The number of hydrogen-bond donors (Lipinski definition) is 1. The highest BCUT2D eigenvalue weighted by molar-refractivity contribution is 7.91. The first-order valence-corrected chi connectivity index (χ1v) is 7.37. The highest BCUT2D eigenvalue weighted by Crippen LogP contribution is 2.27. The van der Waals surface area contributed by atoms with Crippen molar-refractivity contribution in [2.45, 2.75) is 6.92 Å². The Kier molecular flexibility index (Phi) is 4.98. The topological polar surface area (TPSA) is 79.2 Å². The molecule has 0 fully saturated rings. The van der Waals surface area contributed by atoms with Gasteiger partial charge in [0.2, 0.25) is 0 Å². The zero-order chi connectivity index (χ0) is 13.6. The molecule has 5 nitrogen and oxygen atoms in total. The Bertz CT molecular complexity index is 547. The number of hydrogen-bond acceptors (Lipinski definition) is 5.